The highest BCUT2D eigenvalue weighted by molar-refractivity contribution is 6.16. The number of hydrogen-bond donors (Lipinski definition) is 0. The second-order valence-corrected chi connectivity index (χ2v) is 17.0. The van der Waals surface area contributed by atoms with E-state index in [2.05, 4.69) is 18.2 Å². The number of aromatic nitrogens is 1. The summed E-state index contributed by atoms with van der Waals surface area (Å²) in [6, 6.07) is 26.9. The molecule has 3 aliphatic heterocycles. The van der Waals surface area contributed by atoms with Crippen LogP contribution in [-0.2, 0) is 9.53 Å². The number of fused-ring (bicyclic) bond motifs is 3. The molecule has 73 heavy (non-hydrogen) atoms. The SMILES string of the molecule is C=C(C=C(C)C)OC.C=C/C=C\C.CC.COc1cc(/C=C/C(=O)c2c(C)nc3ccccc3c2-c2ccccc2)ccc1OCCCOc1cc2c(cc1OC)C(=O)N1CCCC1C=N2.O=CN1CCCC1. The van der Waals surface area contributed by atoms with Gasteiger partial charge in [-0.25, -0.2) is 0 Å². The van der Waals surface area contributed by atoms with Crippen LogP contribution in [-0.4, -0.2) is 99.3 Å². The molecule has 0 radical (unpaired) electrons. The summed E-state index contributed by atoms with van der Waals surface area (Å²) in [7, 11) is 4.76. The Kier molecular flexibility index (Phi) is 24.5. The predicted molar refractivity (Wildman–Crippen MR) is 298 cm³/mol. The van der Waals surface area contributed by atoms with Crippen LogP contribution in [0.15, 0.2) is 145 Å². The predicted octanol–water partition coefficient (Wildman–Crippen LogP) is 13.4. The molecule has 3 aliphatic rings. The Bertz CT molecular complexity index is 2730. The van der Waals surface area contributed by atoms with Crippen molar-refractivity contribution in [3.8, 4) is 34.1 Å². The summed E-state index contributed by atoms with van der Waals surface area (Å²) in [5, 5.41) is 0.933. The van der Waals surface area contributed by atoms with Crippen LogP contribution in [0.4, 0.5) is 5.69 Å². The van der Waals surface area contributed by atoms with Crippen molar-refractivity contribution in [3.63, 3.8) is 0 Å². The maximum absolute atomic E-state index is 13.8. The molecule has 12 nitrogen and oxygen atoms in total. The number of ketones is 1. The maximum Gasteiger partial charge on any atom is 0.256 e. The number of para-hydroxylation sites is 1. The van der Waals surface area contributed by atoms with E-state index in [1.807, 2.05) is 144 Å². The summed E-state index contributed by atoms with van der Waals surface area (Å²) < 4.78 is 28.1. The van der Waals surface area contributed by atoms with Crippen molar-refractivity contribution < 1.29 is 38.1 Å². The molecule has 0 bridgehead atoms. The molecule has 2 amide bonds. The minimum Gasteiger partial charge on any atom is -0.497 e. The lowest BCUT2D eigenvalue weighted by molar-refractivity contribution is -0.117. The van der Waals surface area contributed by atoms with Crippen molar-refractivity contribution in [2.45, 2.75) is 79.7 Å². The first-order valence-corrected chi connectivity index (χ1v) is 25.0. The van der Waals surface area contributed by atoms with Gasteiger partial charge in [0.1, 0.15) is 5.76 Å². The number of aliphatic imine (C=N–C) groups is 1. The number of carbonyl (C=O) groups is 3. The number of methoxy groups -OCH3 is 3. The number of nitrogens with zero attached hydrogens (tertiary/aromatic N) is 4. The van der Waals surface area contributed by atoms with Crippen LogP contribution in [0, 0.1) is 6.92 Å². The Morgan fingerprint density at radius 3 is 2.11 bits per heavy atom. The first kappa shape index (κ1) is 57.8. The van der Waals surface area contributed by atoms with E-state index in [0.717, 1.165) is 66.5 Å². The summed E-state index contributed by atoms with van der Waals surface area (Å²) in [5.41, 5.74) is 7.06. The number of hydrogen-bond acceptors (Lipinski definition) is 10. The smallest absolute Gasteiger partial charge is 0.256 e. The normalized spacial score (nSPS) is 14.0. The average Bonchev–Trinajstić information content (AvgIpc) is 4.12. The summed E-state index contributed by atoms with van der Waals surface area (Å²) in [6.45, 7) is 22.3. The number of likely N-dealkylation sites (tertiary alicyclic amines) is 1. The van der Waals surface area contributed by atoms with Crippen molar-refractivity contribution in [2.75, 3.05) is 54.2 Å². The van der Waals surface area contributed by atoms with Crippen LogP contribution >= 0.6 is 0 Å². The van der Waals surface area contributed by atoms with E-state index in [9.17, 15) is 14.4 Å². The van der Waals surface area contributed by atoms with Gasteiger partial charge in [-0.15, -0.1) is 0 Å². The average molecular weight is 991 g/mol. The van der Waals surface area contributed by atoms with E-state index < -0.39 is 0 Å². The van der Waals surface area contributed by atoms with Gasteiger partial charge in [0, 0.05) is 55.0 Å². The molecule has 1 aromatic heterocycles. The molecule has 0 saturated carbocycles. The summed E-state index contributed by atoms with van der Waals surface area (Å²) in [6.07, 6.45) is 18.5. The lowest BCUT2D eigenvalue weighted by atomic mass is 9.92. The van der Waals surface area contributed by atoms with E-state index in [0.29, 0.717) is 70.9 Å². The quantitative estimate of drug-likeness (QED) is 0.0237. The number of aryl methyl sites for hydroxylation is 1. The van der Waals surface area contributed by atoms with Crippen LogP contribution in [0.25, 0.3) is 28.1 Å². The van der Waals surface area contributed by atoms with Crippen LogP contribution in [0.5, 0.6) is 23.0 Å². The zero-order valence-electron chi connectivity index (χ0n) is 44.3. The molecule has 0 aliphatic carbocycles. The molecular weight excluding hydrogens is 917 g/mol. The van der Waals surface area contributed by atoms with Crippen LogP contribution < -0.4 is 18.9 Å². The van der Waals surface area contributed by atoms with Crippen molar-refractivity contribution >= 4 is 47.0 Å². The van der Waals surface area contributed by atoms with Crippen molar-refractivity contribution in [2.24, 2.45) is 4.99 Å². The Hall–Kier alpha value is -7.73. The number of carbonyl (C=O) groups excluding carboxylic acids is 3. The highest BCUT2D eigenvalue weighted by Gasteiger charge is 2.32. The molecule has 5 aromatic rings. The van der Waals surface area contributed by atoms with E-state index in [-0.39, 0.29) is 17.7 Å². The largest absolute Gasteiger partial charge is 0.497 e. The maximum atomic E-state index is 13.8. The lowest BCUT2D eigenvalue weighted by Gasteiger charge is -2.20. The highest BCUT2D eigenvalue weighted by atomic mass is 16.5. The molecule has 4 aromatic carbocycles. The van der Waals surface area contributed by atoms with Gasteiger partial charge in [0.2, 0.25) is 6.41 Å². The molecule has 1 unspecified atom stereocenters. The first-order chi connectivity index (χ1) is 35.5. The van der Waals surface area contributed by atoms with Gasteiger partial charge in [-0.2, -0.15) is 0 Å². The molecule has 12 heteroatoms. The fourth-order valence-corrected chi connectivity index (χ4v) is 8.11. The minimum atomic E-state index is -0.131. The number of rotatable bonds is 16. The van der Waals surface area contributed by atoms with Gasteiger partial charge in [0.25, 0.3) is 5.91 Å². The van der Waals surface area contributed by atoms with Gasteiger partial charge < -0.3 is 33.5 Å². The zero-order chi connectivity index (χ0) is 53.1. The third kappa shape index (κ3) is 16.9. The molecule has 2 fully saturated rings. The molecule has 0 N–H and O–H groups in total. The van der Waals surface area contributed by atoms with Gasteiger partial charge in [0.15, 0.2) is 28.8 Å². The Morgan fingerprint density at radius 2 is 1.51 bits per heavy atom. The monoisotopic (exact) mass is 991 g/mol. The number of pyridine rings is 1. The molecular formula is C61H74N4O8. The second kappa shape index (κ2) is 30.9. The zero-order valence-corrected chi connectivity index (χ0v) is 44.3. The Balaban J connectivity index is 0.000000437. The summed E-state index contributed by atoms with van der Waals surface area (Å²) in [4.78, 5) is 49.9. The number of ether oxygens (including phenoxy) is 5. The van der Waals surface area contributed by atoms with Gasteiger partial charge in [-0.1, -0.05) is 111 Å². The van der Waals surface area contributed by atoms with Gasteiger partial charge >= 0.3 is 0 Å². The van der Waals surface area contributed by atoms with Gasteiger partial charge in [-0.3, -0.25) is 24.4 Å². The van der Waals surface area contributed by atoms with Gasteiger partial charge in [-0.05, 0) is 101 Å². The lowest BCUT2D eigenvalue weighted by Crippen LogP contribution is -2.35. The van der Waals surface area contributed by atoms with E-state index in [1.165, 1.54) is 18.4 Å². The second-order valence-electron chi connectivity index (χ2n) is 17.0. The minimum absolute atomic E-state index is 0.0279. The van der Waals surface area contributed by atoms with E-state index in [4.69, 9.17) is 28.7 Å². The molecule has 1 atom stereocenters. The Labute approximate surface area is 433 Å². The highest BCUT2D eigenvalue weighted by Crippen LogP contribution is 2.39. The number of amides is 2. The van der Waals surface area contributed by atoms with Crippen LogP contribution in [0.1, 0.15) is 98.7 Å². The topological polar surface area (TPSA) is 129 Å². The Morgan fingerprint density at radius 1 is 0.836 bits per heavy atom. The number of allylic oxidation sites excluding steroid dienone is 6. The third-order valence-corrected chi connectivity index (χ3v) is 11.6. The molecule has 386 valence electrons. The van der Waals surface area contributed by atoms with Gasteiger partial charge in [0.05, 0.1) is 62.9 Å². The summed E-state index contributed by atoms with van der Waals surface area (Å²) >= 11 is 0. The van der Waals surface area contributed by atoms with Crippen molar-refractivity contribution in [3.05, 3.63) is 162 Å². The number of benzene rings is 4. The van der Waals surface area contributed by atoms with Crippen LogP contribution in [0.3, 0.4) is 0 Å². The molecule has 8 rings (SSSR count). The standard InChI is InChI=1S/C42H39N3O6.C7H12O.C5H9NO.C5H8.C2H6/c1-27-40(41(29-11-5-4-6-12-29)31-14-7-8-15-33(31)44-27)35(46)18-16-28-17-19-36(37(23-28)48-2)50-21-10-22-51-39-25-34-32(24-38(39)49-3)42(47)45-20-9-13-30(45)26-43-34;1-6(2)5-7(3)8-4;7-5-6-3-1-2-4-6;1-3-5-4-2;1-2/h4-8,11-12,14-19,23-26,30H,9-10,13,20-22H2,1-3H3;5H,3H2,1-2,4H3;5H,1-4H2;3-5H,1H2,2H3;1-2H3/b18-16+;;;5-4-;. The fourth-order valence-electron chi connectivity index (χ4n) is 8.11. The summed E-state index contributed by atoms with van der Waals surface area (Å²) in [5.74, 6) is 2.70. The fraction of sp³-hybridized carbons (Fsp3) is 0.328. The van der Waals surface area contributed by atoms with Crippen molar-refractivity contribution in [1.82, 2.24) is 14.8 Å². The molecule has 2 saturated heterocycles. The van der Waals surface area contributed by atoms with Crippen molar-refractivity contribution in [1.29, 1.82) is 0 Å². The van der Waals surface area contributed by atoms with E-state index in [1.54, 1.807) is 56.6 Å². The third-order valence-electron chi connectivity index (χ3n) is 11.6. The molecule has 4 heterocycles. The van der Waals surface area contributed by atoms with E-state index >= 15 is 0 Å². The molecule has 0 spiro atoms. The van der Waals surface area contributed by atoms with Crippen LogP contribution in [0.2, 0.25) is 0 Å². The first-order valence-electron chi connectivity index (χ1n) is 25.0.